The number of rotatable bonds is 4. The monoisotopic (exact) mass is 309 g/mol. The van der Waals surface area contributed by atoms with Crippen molar-refractivity contribution < 1.29 is 27.1 Å². The van der Waals surface area contributed by atoms with Crippen molar-refractivity contribution in [2.24, 2.45) is 5.41 Å². The van der Waals surface area contributed by atoms with E-state index in [1.54, 1.807) is 0 Å². The van der Waals surface area contributed by atoms with Crippen LogP contribution in [0.4, 0.5) is 27.6 Å². The summed E-state index contributed by atoms with van der Waals surface area (Å²) < 4.78 is 66.2. The molecule has 0 atom stereocenters. The molecule has 1 aromatic rings. The van der Waals surface area contributed by atoms with E-state index in [0.29, 0.717) is 12.8 Å². The molecule has 0 bridgehead atoms. The van der Waals surface area contributed by atoms with Crippen LogP contribution in [-0.4, -0.2) is 18.3 Å². The summed E-state index contributed by atoms with van der Waals surface area (Å²) >= 11 is 0. The third-order valence-corrected chi connectivity index (χ3v) is 4.10. The van der Waals surface area contributed by atoms with Crippen molar-refractivity contribution in [2.45, 2.75) is 32.1 Å². The number of hydrogen-bond donors (Lipinski definition) is 2. The SMILES string of the molecule is OCC1(CNc2c(F)c(F)c(F)c(F)c2F)CCCCC1. The van der Waals surface area contributed by atoms with E-state index in [2.05, 4.69) is 5.32 Å². The molecule has 0 aliphatic heterocycles. The Morgan fingerprint density at radius 2 is 1.29 bits per heavy atom. The maximum atomic E-state index is 13.5. The van der Waals surface area contributed by atoms with Gasteiger partial charge >= 0.3 is 0 Å². The quantitative estimate of drug-likeness (QED) is 0.504. The number of halogens is 5. The zero-order valence-corrected chi connectivity index (χ0v) is 11.3. The maximum absolute atomic E-state index is 13.5. The van der Waals surface area contributed by atoms with Crippen LogP contribution in [-0.2, 0) is 0 Å². The molecule has 0 aromatic heterocycles. The van der Waals surface area contributed by atoms with Gasteiger partial charge in [0, 0.05) is 12.0 Å². The second-order valence-electron chi connectivity index (χ2n) is 5.52. The Morgan fingerprint density at radius 3 is 1.76 bits per heavy atom. The van der Waals surface area contributed by atoms with E-state index in [9.17, 15) is 27.1 Å². The lowest BCUT2D eigenvalue weighted by Crippen LogP contribution is -2.36. The molecule has 0 spiro atoms. The number of nitrogens with one attached hydrogen (secondary N) is 1. The molecule has 2 rings (SSSR count). The number of aliphatic hydroxyl groups excluding tert-OH is 1. The summed E-state index contributed by atoms with van der Waals surface area (Å²) in [6, 6.07) is 0. The molecule has 2 N–H and O–H groups in total. The van der Waals surface area contributed by atoms with Crippen molar-refractivity contribution >= 4 is 5.69 Å². The smallest absolute Gasteiger partial charge is 0.200 e. The van der Waals surface area contributed by atoms with E-state index in [4.69, 9.17) is 0 Å². The summed E-state index contributed by atoms with van der Waals surface area (Å²) in [7, 11) is 0. The molecule has 21 heavy (non-hydrogen) atoms. The molecule has 0 amide bonds. The zero-order chi connectivity index (χ0) is 15.6. The molecule has 0 heterocycles. The Balaban J connectivity index is 2.24. The van der Waals surface area contributed by atoms with Crippen molar-refractivity contribution in [2.75, 3.05) is 18.5 Å². The van der Waals surface area contributed by atoms with Crippen molar-refractivity contribution in [3.63, 3.8) is 0 Å². The predicted molar refractivity (Wildman–Crippen MR) is 67.3 cm³/mol. The van der Waals surface area contributed by atoms with Crippen LogP contribution in [0, 0.1) is 34.5 Å². The first-order valence-electron chi connectivity index (χ1n) is 6.78. The fourth-order valence-electron chi connectivity index (χ4n) is 2.73. The first kappa shape index (κ1) is 16.0. The van der Waals surface area contributed by atoms with Crippen molar-refractivity contribution in [1.82, 2.24) is 0 Å². The van der Waals surface area contributed by atoms with Gasteiger partial charge in [-0.1, -0.05) is 19.3 Å². The van der Waals surface area contributed by atoms with Crippen LogP contribution in [0.2, 0.25) is 0 Å². The Hall–Kier alpha value is -1.37. The molecule has 0 radical (unpaired) electrons. The van der Waals surface area contributed by atoms with Gasteiger partial charge in [-0.3, -0.25) is 0 Å². The maximum Gasteiger partial charge on any atom is 0.200 e. The van der Waals surface area contributed by atoms with Gasteiger partial charge in [0.2, 0.25) is 5.82 Å². The highest BCUT2D eigenvalue weighted by molar-refractivity contribution is 5.48. The van der Waals surface area contributed by atoms with Gasteiger partial charge < -0.3 is 10.4 Å². The Labute approximate surface area is 119 Å². The molecule has 7 heteroatoms. The van der Waals surface area contributed by atoms with Crippen LogP contribution in [0.15, 0.2) is 0 Å². The average molecular weight is 309 g/mol. The largest absolute Gasteiger partial charge is 0.396 e. The van der Waals surface area contributed by atoms with E-state index in [0.717, 1.165) is 19.3 Å². The number of aliphatic hydroxyl groups is 1. The molecule has 1 aliphatic carbocycles. The van der Waals surface area contributed by atoms with E-state index >= 15 is 0 Å². The van der Waals surface area contributed by atoms with Crippen LogP contribution in [0.3, 0.4) is 0 Å². The molecule has 0 saturated heterocycles. The molecule has 1 aromatic carbocycles. The average Bonchev–Trinajstić information content (AvgIpc) is 2.52. The fourth-order valence-corrected chi connectivity index (χ4v) is 2.73. The van der Waals surface area contributed by atoms with Crippen LogP contribution in [0.25, 0.3) is 0 Å². The lowest BCUT2D eigenvalue weighted by molar-refractivity contribution is 0.0942. The van der Waals surface area contributed by atoms with Gasteiger partial charge in [0.25, 0.3) is 0 Å². The molecule has 118 valence electrons. The second kappa shape index (κ2) is 6.17. The van der Waals surface area contributed by atoms with Crippen LogP contribution >= 0.6 is 0 Å². The normalized spacial score (nSPS) is 17.8. The lowest BCUT2D eigenvalue weighted by Gasteiger charge is -2.36. The Bertz CT molecular complexity index is 500. The fraction of sp³-hybridized carbons (Fsp3) is 0.571. The molecule has 1 saturated carbocycles. The van der Waals surface area contributed by atoms with E-state index < -0.39 is 40.2 Å². The Kier molecular flexibility index (Phi) is 4.70. The van der Waals surface area contributed by atoms with Crippen molar-refractivity contribution in [3.05, 3.63) is 29.1 Å². The molecule has 2 nitrogen and oxygen atoms in total. The van der Waals surface area contributed by atoms with Crippen molar-refractivity contribution in [1.29, 1.82) is 0 Å². The first-order valence-corrected chi connectivity index (χ1v) is 6.78. The second-order valence-corrected chi connectivity index (χ2v) is 5.52. The summed E-state index contributed by atoms with van der Waals surface area (Å²) in [5.41, 5.74) is -1.62. The van der Waals surface area contributed by atoms with Gasteiger partial charge in [0.1, 0.15) is 5.69 Å². The standard InChI is InChI=1S/C14H16F5NO/c15-8-9(16)11(18)13(12(19)10(8)17)20-6-14(7-21)4-2-1-3-5-14/h20-21H,1-7H2. The highest BCUT2D eigenvalue weighted by Gasteiger charge is 2.33. The van der Waals surface area contributed by atoms with E-state index in [-0.39, 0.29) is 13.2 Å². The first-order chi connectivity index (χ1) is 9.92. The highest BCUT2D eigenvalue weighted by Crippen LogP contribution is 2.37. The topological polar surface area (TPSA) is 32.3 Å². The molecular weight excluding hydrogens is 293 g/mol. The van der Waals surface area contributed by atoms with Crippen LogP contribution < -0.4 is 5.32 Å². The minimum atomic E-state index is -2.18. The predicted octanol–water partition coefficient (Wildman–Crippen LogP) is 3.74. The lowest BCUT2D eigenvalue weighted by atomic mass is 9.74. The Morgan fingerprint density at radius 1 is 0.810 bits per heavy atom. The van der Waals surface area contributed by atoms with Gasteiger partial charge in [-0.15, -0.1) is 0 Å². The summed E-state index contributed by atoms with van der Waals surface area (Å²) in [5.74, 6) is -9.88. The highest BCUT2D eigenvalue weighted by atomic mass is 19.2. The minimum Gasteiger partial charge on any atom is -0.396 e. The molecule has 1 aliphatic rings. The van der Waals surface area contributed by atoms with Crippen molar-refractivity contribution in [3.8, 4) is 0 Å². The van der Waals surface area contributed by atoms with Gasteiger partial charge in [-0.05, 0) is 12.8 Å². The van der Waals surface area contributed by atoms with Gasteiger partial charge in [-0.25, -0.2) is 22.0 Å². The van der Waals surface area contributed by atoms with E-state index in [1.165, 1.54) is 0 Å². The molecule has 0 unspecified atom stereocenters. The van der Waals surface area contributed by atoms with Crippen LogP contribution in [0.5, 0.6) is 0 Å². The third-order valence-electron chi connectivity index (χ3n) is 4.10. The van der Waals surface area contributed by atoms with E-state index in [1.807, 2.05) is 0 Å². The summed E-state index contributed by atoms with van der Waals surface area (Å²) in [6.07, 6.45) is 4.01. The number of benzene rings is 1. The molecular formula is C14H16F5NO. The summed E-state index contributed by atoms with van der Waals surface area (Å²) in [4.78, 5) is 0. The number of anilines is 1. The van der Waals surface area contributed by atoms with Gasteiger partial charge in [-0.2, -0.15) is 0 Å². The summed E-state index contributed by atoms with van der Waals surface area (Å²) in [6.45, 7) is -0.239. The summed E-state index contributed by atoms with van der Waals surface area (Å²) in [5, 5.41) is 11.8. The minimum absolute atomic E-state index is 0.0398. The van der Waals surface area contributed by atoms with Gasteiger partial charge in [0.05, 0.1) is 6.61 Å². The zero-order valence-electron chi connectivity index (χ0n) is 11.3. The third kappa shape index (κ3) is 2.97. The number of hydrogen-bond acceptors (Lipinski definition) is 2. The van der Waals surface area contributed by atoms with Crippen LogP contribution in [0.1, 0.15) is 32.1 Å². The molecule has 1 fully saturated rings. The van der Waals surface area contributed by atoms with Gasteiger partial charge in [0.15, 0.2) is 23.3 Å².